The van der Waals surface area contributed by atoms with Crippen LogP contribution in [0.2, 0.25) is 0 Å². The molecule has 0 aliphatic carbocycles. The zero-order valence-corrected chi connectivity index (χ0v) is 16.8. The van der Waals surface area contributed by atoms with Crippen molar-refractivity contribution in [3.63, 3.8) is 0 Å². The molecule has 0 spiro atoms. The molecule has 0 radical (unpaired) electrons. The lowest BCUT2D eigenvalue weighted by molar-refractivity contribution is -0.138. The van der Waals surface area contributed by atoms with E-state index in [1.54, 1.807) is 0 Å². The van der Waals surface area contributed by atoms with Gasteiger partial charge < -0.3 is 10.0 Å². The number of aliphatic imine (C=N–C) groups is 1. The molecule has 2 aliphatic heterocycles. The molecular weight excluding hydrogens is 479 g/mol. The van der Waals surface area contributed by atoms with Gasteiger partial charge in [-0.1, -0.05) is 23.9 Å². The molecule has 1 aromatic rings. The van der Waals surface area contributed by atoms with Crippen LogP contribution in [0.4, 0.5) is 5.69 Å². The number of sulfone groups is 1. The normalized spacial score (nSPS) is 26.0. The zero-order valence-electron chi connectivity index (χ0n) is 13.0. The standard InChI is InChI=1S/C15H15IN2O5S2/c16-9-3-1-2-4-10(9)18-11-7-25(22,23)8-12(11)24-15(18)17-13(19)5-6-14(20)21/h1-4,11-12H,5-8H2,(H,20,21)/t11-,12-/m0/s1. The molecule has 25 heavy (non-hydrogen) atoms. The lowest BCUT2D eigenvalue weighted by Crippen LogP contribution is -2.38. The van der Waals surface area contributed by atoms with Gasteiger partial charge in [-0.15, -0.1) is 0 Å². The molecule has 2 saturated heterocycles. The highest BCUT2D eigenvalue weighted by Gasteiger charge is 2.49. The van der Waals surface area contributed by atoms with Gasteiger partial charge in [0.15, 0.2) is 15.0 Å². The SMILES string of the molecule is O=C(O)CCC(=O)N=C1S[C@H]2CS(=O)(=O)C[C@@H]2N1c1ccccc1I. The highest BCUT2D eigenvalue weighted by atomic mass is 127. The van der Waals surface area contributed by atoms with Gasteiger partial charge in [-0.3, -0.25) is 9.59 Å². The van der Waals surface area contributed by atoms with E-state index in [-0.39, 0.29) is 35.6 Å². The van der Waals surface area contributed by atoms with E-state index in [4.69, 9.17) is 5.11 Å². The number of thioether (sulfide) groups is 1. The minimum absolute atomic E-state index is 0.0258. The molecule has 2 fully saturated rings. The topological polar surface area (TPSA) is 104 Å². The van der Waals surface area contributed by atoms with Gasteiger partial charge in [0.25, 0.3) is 0 Å². The third-order valence-corrected chi connectivity index (χ3v) is 8.07. The summed E-state index contributed by atoms with van der Waals surface area (Å²) >= 11 is 3.45. The van der Waals surface area contributed by atoms with Crippen molar-refractivity contribution in [3.05, 3.63) is 27.8 Å². The molecule has 0 unspecified atom stereocenters. The van der Waals surface area contributed by atoms with E-state index in [1.807, 2.05) is 29.2 Å². The summed E-state index contributed by atoms with van der Waals surface area (Å²) in [7, 11) is -3.12. The van der Waals surface area contributed by atoms with Crippen molar-refractivity contribution in [1.29, 1.82) is 0 Å². The van der Waals surface area contributed by atoms with E-state index in [0.717, 1.165) is 9.26 Å². The van der Waals surface area contributed by atoms with Gasteiger partial charge >= 0.3 is 5.97 Å². The Bertz CT molecular complexity index is 855. The fraction of sp³-hybridized carbons (Fsp3) is 0.400. The van der Waals surface area contributed by atoms with E-state index in [1.165, 1.54) is 11.8 Å². The van der Waals surface area contributed by atoms with Crippen LogP contribution in [-0.2, 0) is 19.4 Å². The number of aliphatic carboxylic acids is 1. The van der Waals surface area contributed by atoms with Crippen molar-refractivity contribution in [2.24, 2.45) is 4.99 Å². The number of amidine groups is 1. The molecule has 10 heteroatoms. The highest BCUT2D eigenvalue weighted by molar-refractivity contribution is 14.1. The molecule has 0 aromatic heterocycles. The minimum atomic E-state index is -3.12. The second kappa shape index (κ2) is 7.23. The highest BCUT2D eigenvalue weighted by Crippen LogP contribution is 2.42. The lowest BCUT2D eigenvalue weighted by Gasteiger charge is -2.25. The van der Waals surface area contributed by atoms with Gasteiger partial charge in [-0.05, 0) is 34.7 Å². The van der Waals surface area contributed by atoms with Gasteiger partial charge in [0.1, 0.15) is 0 Å². The average molecular weight is 494 g/mol. The summed E-state index contributed by atoms with van der Waals surface area (Å²) in [5.41, 5.74) is 0.810. The van der Waals surface area contributed by atoms with E-state index in [9.17, 15) is 18.0 Å². The van der Waals surface area contributed by atoms with Crippen LogP contribution in [-0.4, -0.2) is 53.4 Å². The number of benzene rings is 1. The monoisotopic (exact) mass is 494 g/mol. The second-order valence-electron chi connectivity index (χ2n) is 5.80. The summed E-state index contributed by atoms with van der Waals surface area (Å²) in [5, 5.41) is 8.97. The fourth-order valence-electron chi connectivity index (χ4n) is 2.87. The summed E-state index contributed by atoms with van der Waals surface area (Å²) in [5.74, 6) is -1.48. The van der Waals surface area contributed by atoms with Gasteiger partial charge in [-0.2, -0.15) is 4.99 Å². The largest absolute Gasteiger partial charge is 0.481 e. The molecule has 7 nitrogen and oxygen atoms in total. The van der Waals surface area contributed by atoms with Gasteiger partial charge in [0, 0.05) is 15.2 Å². The van der Waals surface area contributed by atoms with E-state index < -0.39 is 21.7 Å². The van der Waals surface area contributed by atoms with Crippen LogP contribution >= 0.6 is 34.4 Å². The number of fused-ring (bicyclic) bond motifs is 1. The number of carbonyl (C=O) groups is 2. The van der Waals surface area contributed by atoms with Crippen molar-refractivity contribution < 1.29 is 23.1 Å². The Balaban J connectivity index is 1.94. The quantitative estimate of drug-likeness (QED) is 0.637. The average Bonchev–Trinajstić information content (AvgIpc) is 2.97. The summed E-state index contributed by atoms with van der Waals surface area (Å²) in [4.78, 5) is 28.5. The molecule has 0 bridgehead atoms. The van der Waals surface area contributed by atoms with E-state index in [2.05, 4.69) is 27.6 Å². The Morgan fingerprint density at radius 3 is 2.68 bits per heavy atom. The first-order valence-corrected chi connectivity index (χ1v) is 11.3. The molecule has 1 aromatic carbocycles. The number of hydrogen-bond donors (Lipinski definition) is 1. The summed E-state index contributed by atoms with van der Waals surface area (Å²) < 4.78 is 24.9. The van der Waals surface area contributed by atoms with Crippen molar-refractivity contribution in [2.45, 2.75) is 24.1 Å². The van der Waals surface area contributed by atoms with Crippen LogP contribution < -0.4 is 4.90 Å². The zero-order chi connectivity index (χ0) is 18.2. The molecular formula is C15H15IN2O5S2. The molecule has 1 N–H and O–H groups in total. The van der Waals surface area contributed by atoms with Crippen LogP contribution in [0.1, 0.15) is 12.8 Å². The van der Waals surface area contributed by atoms with Crippen molar-refractivity contribution >= 4 is 66.9 Å². The van der Waals surface area contributed by atoms with Crippen LogP contribution in [0, 0.1) is 3.57 Å². The van der Waals surface area contributed by atoms with Crippen LogP contribution in [0.25, 0.3) is 0 Å². The Morgan fingerprint density at radius 1 is 1.28 bits per heavy atom. The number of para-hydroxylation sites is 1. The maximum Gasteiger partial charge on any atom is 0.303 e. The van der Waals surface area contributed by atoms with Crippen LogP contribution in [0.3, 0.4) is 0 Å². The molecule has 134 valence electrons. The lowest BCUT2D eigenvalue weighted by atomic mass is 10.2. The first-order valence-electron chi connectivity index (χ1n) is 7.51. The van der Waals surface area contributed by atoms with Gasteiger partial charge in [0.2, 0.25) is 5.91 Å². The molecule has 1 amide bonds. The van der Waals surface area contributed by atoms with Crippen molar-refractivity contribution in [2.75, 3.05) is 16.4 Å². The minimum Gasteiger partial charge on any atom is -0.481 e. The summed E-state index contributed by atoms with van der Waals surface area (Å²) in [6, 6.07) is 7.24. The molecule has 3 rings (SSSR count). The van der Waals surface area contributed by atoms with E-state index >= 15 is 0 Å². The number of rotatable bonds is 4. The maximum absolute atomic E-state index is 12.0. The predicted octanol–water partition coefficient (Wildman–Crippen LogP) is 1.76. The Morgan fingerprint density at radius 2 is 2.00 bits per heavy atom. The third kappa shape index (κ3) is 4.17. The Labute approximate surface area is 162 Å². The number of hydrogen-bond acceptors (Lipinski definition) is 5. The number of halogens is 1. The summed E-state index contributed by atoms with van der Waals surface area (Å²) in [6.45, 7) is 0. The number of carbonyl (C=O) groups excluding carboxylic acids is 1. The van der Waals surface area contributed by atoms with Crippen molar-refractivity contribution in [3.8, 4) is 0 Å². The Hall–Kier alpha value is -1.14. The number of amides is 1. The first-order chi connectivity index (χ1) is 11.8. The number of carboxylic acid groups (broad SMARTS) is 1. The summed E-state index contributed by atoms with van der Waals surface area (Å²) in [6.07, 6.45) is -0.447. The smallest absolute Gasteiger partial charge is 0.303 e. The third-order valence-electron chi connectivity index (χ3n) is 3.95. The number of anilines is 1. The van der Waals surface area contributed by atoms with Gasteiger partial charge in [0.05, 0.1) is 29.7 Å². The van der Waals surface area contributed by atoms with Crippen molar-refractivity contribution in [1.82, 2.24) is 0 Å². The fourth-order valence-corrected chi connectivity index (χ4v) is 7.44. The van der Waals surface area contributed by atoms with Crippen LogP contribution in [0.15, 0.2) is 29.3 Å². The second-order valence-corrected chi connectivity index (χ2v) is 10.3. The first kappa shape index (κ1) is 18.6. The van der Waals surface area contributed by atoms with Crippen LogP contribution in [0.5, 0.6) is 0 Å². The van der Waals surface area contributed by atoms with Gasteiger partial charge in [-0.25, -0.2) is 8.42 Å². The van der Waals surface area contributed by atoms with E-state index in [0.29, 0.717) is 5.17 Å². The number of nitrogens with zero attached hydrogens (tertiary/aromatic N) is 2. The molecule has 0 saturated carbocycles. The molecule has 2 heterocycles. The Kier molecular flexibility index (Phi) is 5.40. The maximum atomic E-state index is 12.0. The molecule has 2 aliphatic rings. The number of carboxylic acids is 1. The molecule has 2 atom stereocenters. The predicted molar refractivity (Wildman–Crippen MR) is 105 cm³/mol.